The first-order valence-corrected chi connectivity index (χ1v) is 10.3. The van der Waals surface area contributed by atoms with Crippen LogP contribution in [-0.4, -0.2) is 41.3 Å². The fourth-order valence-corrected chi connectivity index (χ4v) is 3.70. The van der Waals surface area contributed by atoms with Crippen LogP contribution in [0.1, 0.15) is 30.5 Å². The van der Waals surface area contributed by atoms with Crippen molar-refractivity contribution in [3.63, 3.8) is 0 Å². The Morgan fingerprint density at radius 2 is 2.13 bits per heavy atom. The lowest BCUT2D eigenvalue weighted by molar-refractivity contribution is -0.121. The maximum Gasteiger partial charge on any atom is 0.229 e. The highest BCUT2D eigenvalue weighted by atomic mass is 35.5. The summed E-state index contributed by atoms with van der Waals surface area (Å²) in [6, 6.07) is 12.3. The minimum atomic E-state index is -0.133. The number of carbonyl (C=O) groups is 2. The summed E-state index contributed by atoms with van der Waals surface area (Å²) >= 11 is 6.00. The minimum Gasteiger partial charge on any atom is -0.326 e. The van der Waals surface area contributed by atoms with Gasteiger partial charge in [-0.1, -0.05) is 17.7 Å². The Labute approximate surface area is 181 Å². The molecule has 0 bridgehead atoms. The minimum absolute atomic E-state index is 0.0329. The average Bonchev–Trinajstić information content (AvgIpc) is 2.73. The van der Waals surface area contributed by atoms with E-state index in [-0.39, 0.29) is 17.7 Å². The summed E-state index contributed by atoms with van der Waals surface area (Å²) in [5.74, 6) is 0.278. The van der Waals surface area contributed by atoms with Gasteiger partial charge < -0.3 is 15.5 Å². The van der Waals surface area contributed by atoms with Crippen LogP contribution in [0.4, 0.5) is 11.5 Å². The summed E-state index contributed by atoms with van der Waals surface area (Å²) in [6.07, 6.45) is 2.04. The Balaban J connectivity index is 1.47. The van der Waals surface area contributed by atoms with Gasteiger partial charge in [0.1, 0.15) is 11.9 Å². The standard InChI is InChI=1S/C22H24ClN5O2/c1-15-4-2-6-20(25-15)27-22(30)17-5-3-10-28(14-17)11-9-21(29)26-18-8-7-16(13-24)19(23)12-18/h2,4,6-8,12,17H,3,5,9-11,14H2,1H3,(H,26,29)(H,25,27,30). The van der Waals surface area contributed by atoms with Crippen LogP contribution in [-0.2, 0) is 9.59 Å². The van der Waals surface area contributed by atoms with E-state index in [1.165, 1.54) is 0 Å². The maximum atomic E-state index is 12.6. The zero-order chi connectivity index (χ0) is 21.5. The molecule has 2 heterocycles. The third-order valence-electron chi connectivity index (χ3n) is 5.04. The van der Waals surface area contributed by atoms with Crippen LogP contribution in [0.3, 0.4) is 0 Å². The Kier molecular flexibility index (Phi) is 7.39. The van der Waals surface area contributed by atoms with Crippen LogP contribution >= 0.6 is 11.6 Å². The molecule has 2 amide bonds. The Hall–Kier alpha value is -2.95. The third-order valence-corrected chi connectivity index (χ3v) is 5.36. The number of likely N-dealkylation sites (tertiary alicyclic amines) is 1. The molecule has 0 saturated carbocycles. The lowest BCUT2D eigenvalue weighted by Crippen LogP contribution is -2.41. The number of hydrogen-bond acceptors (Lipinski definition) is 5. The highest BCUT2D eigenvalue weighted by Gasteiger charge is 2.26. The smallest absolute Gasteiger partial charge is 0.229 e. The summed E-state index contributed by atoms with van der Waals surface area (Å²) in [6.45, 7) is 3.94. The number of benzene rings is 1. The fraction of sp³-hybridized carbons (Fsp3) is 0.364. The number of piperidine rings is 1. The zero-order valence-corrected chi connectivity index (χ0v) is 17.6. The molecule has 30 heavy (non-hydrogen) atoms. The van der Waals surface area contributed by atoms with E-state index in [0.29, 0.717) is 41.6 Å². The van der Waals surface area contributed by atoms with Crippen molar-refractivity contribution in [3.05, 3.63) is 52.7 Å². The monoisotopic (exact) mass is 425 g/mol. The van der Waals surface area contributed by atoms with Gasteiger partial charge in [-0.3, -0.25) is 9.59 Å². The molecule has 1 atom stereocenters. The predicted octanol–water partition coefficient (Wildman–Crippen LogP) is 3.59. The largest absolute Gasteiger partial charge is 0.326 e. The molecule has 2 aromatic rings. The van der Waals surface area contributed by atoms with Gasteiger partial charge in [0.05, 0.1) is 16.5 Å². The van der Waals surface area contributed by atoms with Crippen molar-refractivity contribution in [1.29, 1.82) is 5.26 Å². The van der Waals surface area contributed by atoms with Crippen LogP contribution in [0.25, 0.3) is 0 Å². The van der Waals surface area contributed by atoms with E-state index in [4.69, 9.17) is 16.9 Å². The average molecular weight is 426 g/mol. The van der Waals surface area contributed by atoms with E-state index in [9.17, 15) is 9.59 Å². The van der Waals surface area contributed by atoms with E-state index in [2.05, 4.69) is 20.5 Å². The molecule has 1 fully saturated rings. The predicted molar refractivity (Wildman–Crippen MR) is 116 cm³/mol. The molecule has 1 aromatic heterocycles. The lowest BCUT2D eigenvalue weighted by Gasteiger charge is -2.31. The van der Waals surface area contributed by atoms with Gasteiger partial charge in [0.2, 0.25) is 11.8 Å². The van der Waals surface area contributed by atoms with Gasteiger partial charge in [-0.2, -0.15) is 5.26 Å². The molecule has 3 rings (SSSR count). The van der Waals surface area contributed by atoms with Gasteiger partial charge in [0.25, 0.3) is 0 Å². The van der Waals surface area contributed by atoms with Crippen molar-refractivity contribution >= 4 is 34.9 Å². The van der Waals surface area contributed by atoms with Gasteiger partial charge >= 0.3 is 0 Å². The summed E-state index contributed by atoms with van der Waals surface area (Å²) in [5.41, 5.74) is 1.78. The number of halogens is 1. The number of amides is 2. The van der Waals surface area contributed by atoms with Crippen molar-refractivity contribution in [2.24, 2.45) is 5.92 Å². The molecule has 7 nitrogen and oxygen atoms in total. The highest BCUT2D eigenvalue weighted by molar-refractivity contribution is 6.32. The number of pyridine rings is 1. The van der Waals surface area contributed by atoms with Gasteiger partial charge in [0, 0.05) is 30.9 Å². The van der Waals surface area contributed by atoms with E-state index < -0.39 is 0 Å². The normalized spacial score (nSPS) is 16.5. The highest BCUT2D eigenvalue weighted by Crippen LogP contribution is 2.21. The summed E-state index contributed by atoms with van der Waals surface area (Å²) in [5, 5.41) is 14.9. The number of hydrogen-bond donors (Lipinski definition) is 2. The number of nitrogens with zero attached hydrogens (tertiary/aromatic N) is 3. The molecule has 1 saturated heterocycles. The quantitative estimate of drug-likeness (QED) is 0.736. The molecule has 1 aromatic carbocycles. The molecule has 0 aliphatic carbocycles. The van der Waals surface area contributed by atoms with Crippen molar-refractivity contribution < 1.29 is 9.59 Å². The van der Waals surface area contributed by atoms with Crippen LogP contribution in [0, 0.1) is 24.2 Å². The molecular weight excluding hydrogens is 402 g/mol. The maximum absolute atomic E-state index is 12.6. The van der Waals surface area contributed by atoms with E-state index in [1.807, 2.05) is 25.1 Å². The Morgan fingerprint density at radius 1 is 1.30 bits per heavy atom. The van der Waals surface area contributed by atoms with Crippen molar-refractivity contribution in [2.75, 3.05) is 30.3 Å². The molecule has 1 unspecified atom stereocenters. The molecule has 0 spiro atoms. The van der Waals surface area contributed by atoms with E-state index >= 15 is 0 Å². The second-order valence-electron chi connectivity index (χ2n) is 7.40. The van der Waals surface area contributed by atoms with Gasteiger partial charge in [0.15, 0.2) is 0 Å². The molecule has 2 N–H and O–H groups in total. The molecule has 1 aliphatic heterocycles. The van der Waals surface area contributed by atoms with E-state index in [1.54, 1.807) is 24.3 Å². The van der Waals surface area contributed by atoms with Crippen LogP contribution in [0.5, 0.6) is 0 Å². The van der Waals surface area contributed by atoms with Gasteiger partial charge in [-0.25, -0.2) is 4.98 Å². The molecule has 156 valence electrons. The summed E-state index contributed by atoms with van der Waals surface area (Å²) in [7, 11) is 0. The van der Waals surface area contributed by atoms with Gasteiger partial charge in [-0.05, 0) is 56.6 Å². The summed E-state index contributed by atoms with van der Waals surface area (Å²) in [4.78, 5) is 31.3. The first kappa shape index (κ1) is 21.8. The third kappa shape index (κ3) is 6.02. The van der Waals surface area contributed by atoms with Gasteiger partial charge in [-0.15, -0.1) is 0 Å². The van der Waals surface area contributed by atoms with Crippen molar-refractivity contribution in [3.8, 4) is 6.07 Å². The van der Waals surface area contributed by atoms with Crippen LogP contribution < -0.4 is 10.6 Å². The first-order valence-electron chi connectivity index (χ1n) is 9.91. The summed E-state index contributed by atoms with van der Waals surface area (Å²) < 4.78 is 0. The molecule has 0 radical (unpaired) electrons. The molecule has 1 aliphatic rings. The molecule has 8 heteroatoms. The number of rotatable bonds is 6. The molecular formula is C22H24ClN5O2. The second-order valence-corrected chi connectivity index (χ2v) is 7.81. The first-order chi connectivity index (χ1) is 14.4. The van der Waals surface area contributed by atoms with Crippen molar-refractivity contribution in [1.82, 2.24) is 9.88 Å². The number of carbonyl (C=O) groups excluding carboxylic acids is 2. The number of aromatic nitrogens is 1. The lowest BCUT2D eigenvalue weighted by atomic mass is 9.97. The van der Waals surface area contributed by atoms with E-state index in [0.717, 1.165) is 25.1 Å². The number of nitriles is 1. The van der Waals surface area contributed by atoms with Crippen molar-refractivity contribution in [2.45, 2.75) is 26.2 Å². The number of nitrogens with one attached hydrogen (secondary N) is 2. The fourth-order valence-electron chi connectivity index (χ4n) is 3.48. The Morgan fingerprint density at radius 3 is 2.87 bits per heavy atom. The van der Waals surface area contributed by atoms with Crippen LogP contribution in [0.15, 0.2) is 36.4 Å². The topological polar surface area (TPSA) is 98.1 Å². The van der Waals surface area contributed by atoms with Crippen LogP contribution in [0.2, 0.25) is 5.02 Å². The SMILES string of the molecule is Cc1cccc(NC(=O)C2CCCN(CCC(=O)Nc3ccc(C#N)c(Cl)c3)C2)n1. The second kappa shape index (κ2) is 10.2. The number of aryl methyl sites for hydroxylation is 1. The Bertz CT molecular complexity index is 972. The zero-order valence-electron chi connectivity index (χ0n) is 16.8. The number of anilines is 2.